The standard InChI is InChI=1S/C32H61NO2.C29H57NO2/c1-3-5-7-9-11-12-13-14-15-16-17-18-19-20-22-24-29-35-31-32(33-26-25-27-33)30-34-28-23-21-10-8-6-4-2;1-5-7-9-11-12-13-14-15-16-17-18-19-20-21-22-24-26-32-28-29(30(3)4)27-31-25-23-10-8-6-2/h11-12,14-15,32H,3-10,13,16-31H2,1-2H3;12-13,15-16,29H,5-11,14,17-28H2,1-4H3/b12-11-,15-14-;13-12-,16-15-/t;29-/m.0/s1. The summed E-state index contributed by atoms with van der Waals surface area (Å²) in [5.74, 6) is 0. The predicted octanol–water partition coefficient (Wildman–Crippen LogP) is 17.6. The Labute approximate surface area is 420 Å². The van der Waals surface area contributed by atoms with Crippen LogP contribution in [0.2, 0.25) is 0 Å². The molecule has 1 saturated heterocycles. The zero-order valence-electron chi connectivity index (χ0n) is 46.1. The Hall–Kier alpha value is -1.28. The highest BCUT2D eigenvalue weighted by atomic mass is 16.5. The second-order valence-electron chi connectivity index (χ2n) is 20.0. The summed E-state index contributed by atoms with van der Waals surface area (Å²) in [6.45, 7) is 18.3. The number of likely N-dealkylation sites (tertiary alicyclic amines) is 1. The monoisotopic (exact) mass is 943 g/mol. The molecule has 67 heavy (non-hydrogen) atoms. The van der Waals surface area contributed by atoms with Crippen molar-refractivity contribution in [2.24, 2.45) is 0 Å². The molecular formula is C61H118N2O4. The third kappa shape index (κ3) is 50.9. The summed E-state index contributed by atoms with van der Waals surface area (Å²) in [6.07, 6.45) is 64.1. The molecule has 396 valence electrons. The molecule has 2 atom stereocenters. The Morgan fingerprint density at radius 1 is 0.358 bits per heavy atom. The second kappa shape index (κ2) is 57.3. The average molecular weight is 944 g/mol. The van der Waals surface area contributed by atoms with Gasteiger partial charge in [-0.3, -0.25) is 4.90 Å². The molecule has 0 aromatic heterocycles. The van der Waals surface area contributed by atoms with Crippen LogP contribution in [-0.4, -0.2) is 102 Å². The van der Waals surface area contributed by atoms with Gasteiger partial charge >= 0.3 is 0 Å². The topological polar surface area (TPSA) is 43.4 Å². The van der Waals surface area contributed by atoms with Gasteiger partial charge in [-0.15, -0.1) is 0 Å². The minimum absolute atomic E-state index is 0.366. The van der Waals surface area contributed by atoms with Gasteiger partial charge in [0.1, 0.15) is 0 Å². The Bertz CT molecular complexity index is 1040. The highest BCUT2D eigenvalue weighted by Gasteiger charge is 2.24. The first kappa shape index (κ1) is 65.7. The SMILES string of the molecule is CCCCC/C=C\C/C=C\CCCCCCCCOCC(COCCCCCCCC)N1CCC1.CCCCC/C=C\C/C=C\CCCCCCCCOC[C@H](COCCCCCC)N(C)C. The van der Waals surface area contributed by atoms with Crippen molar-refractivity contribution < 1.29 is 18.9 Å². The van der Waals surface area contributed by atoms with Gasteiger partial charge in [0.15, 0.2) is 0 Å². The van der Waals surface area contributed by atoms with Crippen LogP contribution in [0.4, 0.5) is 0 Å². The Morgan fingerprint density at radius 3 is 0.970 bits per heavy atom. The normalized spacial score (nSPS) is 14.3. The van der Waals surface area contributed by atoms with Gasteiger partial charge in [0.25, 0.3) is 0 Å². The lowest BCUT2D eigenvalue weighted by Gasteiger charge is -2.38. The maximum absolute atomic E-state index is 6.06. The molecule has 1 aliphatic heterocycles. The lowest BCUT2D eigenvalue weighted by Crippen LogP contribution is -2.49. The Balaban J connectivity index is 0.00000131. The third-order valence-electron chi connectivity index (χ3n) is 13.1. The van der Waals surface area contributed by atoms with Crippen LogP contribution in [0.3, 0.4) is 0 Å². The van der Waals surface area contributed by atoms with E-state index in [-0.39, 0.29) is 0 Å². The van der Waals surface area contributed by atoms with Crippen molar-refractivity contribution in [2.45, 2.75) is 265 Å². The number of rotatable bonds is 52. The van der Waals surface area contributed by atoms with E-state index in [9.17, 15) is 0 Å². The molecule has 0 bridgehead atoms. The van der Waals surface area contributed by atoms with Gasteiger partial charge in [-0.05, 0) is 123 Å². The van der Waals surface area contributed by atoms with E-state index in [0.29, 0.717) is 12.1 Å². The van der Waals surface area contributed by atoms with Crippen molar-refractivity contribution in [2.75, 3.05) is 80.0 Å². The maximum Gasteiger partial charge on any atom is 0.0644 e. The molecule has 1 aliphatic rings. The van der Waals surface area contributed by atoms with Gasteiger partial charge in [-0.1, -0.05) is 205 Å². The van der Waals surface area contributed by atoms with E-state index in [0.717, 1.165) is 65.7 Å². The van der Waals surface area contributed by atoms with Crippen LogP contribution in [-0.2, 0) is 18.9 Å². The van der Waals surface area contributed by atoms with Crippen LogP contribution >= 0.6 is 0 Å². The molecule has 0 amide bonds. The molecule has 0 aromatic carbocycles. The van der Waals surface area contributed by atoms with Crippen LogP contribution < -0.4 is 0 Å². The highest BCUT2D eigenvalue weighted by molar-refractivity contribution is 4.93. The third-order valence-corrected chi connectivity index (χ3v) is 13.1. The average Bonchev–Trinajstić information content (AvgIpc) is 3.31. The van der Waals surface area contributed by atoms with Crippen molar-refractivity contribution in [3.05, 3.63) is 48.6 Å². The zero-order chi connectivity index (χ0) is 48.6. The Morgan fingerprint density at radius 2 is 0.642 bits per heavy atom. The summed E-state index contributed by atoms with van der Waals surface area (Å²) in [5, 5.41) is 0. The smallest absolute Gasteiger partial charge is 0.0644 e. The molecule has 6 heteroatoms. The first-order valence-electron chi connectivity index (χ1n) is 29.4. The summed E-state index contributed by atoms with van der Waals surface area (Å²) >= 11 is 0. The van der Waals surface area contributed by atoms with Crippen LogP contribution in [0.25, 0.3) is 0 Å². The number of ether oxygens (including phenoxy) is 4. The van der Waals surface area contributed by atoms with Crippen molar-refractivity contribution >= 4 is 0 Å². The van der Waals surface area contributed by atoms with Crippen LogP contribution in [0, 0.1) is 0 Å². The van der Waals surface area contributed by atoms with Gasteiger partial charge in [0, 0.05) is 26.4 Å². The minimum atomic E-state index is 0.366. The quantitative estimate of drug-likeness (QED) is 0.0447. The van der Waals surface area contributed by atoms with E-state index >= 15 is 0 Å². The summed E-state index contributed by atoms with van der Waals surface area (Å²) in [7, 11) is 4.24. The van der Waals surface area contributed by atoms with E-state index in [2.05, 4.69) is 100 Å². The molecule has 0 aromatic rings. The van der Waals surface area contributed by atoms with Crippen molar-refractivity contribution in [1.82, 2.24) is 9.80 Å². The fraction of sp³-hybridized carbons (Fsp3) is 0.869. The molecule has 0 saturated carbocycles. The first-order chi connectivity index (χ1) is 33.1. The predicted molar refractivity (Wildman–Crippen MR) is 297 cm³/mol. The number of hydrogen-bond acceptors (Lipinski definition) is 6. The van der Waals surface area contributed by atoms with Crippen LogP contribution in [0.15, 0.2) is 48.6 Å². The number of likely N-dealkylation sites (N-methyl/N-ethyl adjacent to an activating group) is 1. The lowest BCUT2D eigenvalue weighted by atomic mass is 10.1. The number of nitrogens with zero attached hydrogens (tertiary/aromatic N) is 2. The minimum Gasteiger partial charge on any atom is -0.380 e. The summed E-state index contributed by atoms with van der Waals surface area (Å²) in [4.78, 5) is 4.77. The summed E-state index contributed by atoms with van der Waals surface area (Å²) in [5.41, 5.74) is 0. The second-order valence-corrected chi connectivity index (χ2v) is 20.0. The summed E-state index contributed by atoms with van der Waals surface area (Å²) in [6, 6.07) is 0.833. The van der Waals surface area contributed by atoms with E-state index in [1.807, 2.05) is 0 Å². The lowest BCUT2D eigenvalue weighted by molar-refractivity contribution is -0.0187. The van der Waals surface area contributed by atoms with E-state index in [1.165, 1.54) is 225 Å². The van der Waals surface area contributed by atoms with Gasteiger partial charge in [0.2, 0.25) is 0 Å². The molecule has 1 heterocycles. The van der Waals surface area contributed by atoms with E-state index in [1.54, 1.807) is 0 Å². The Kier molecular flexibility index (Phi) is 56.2. The van der Waals surface area contributed by atoms with E-state index in [4.69, 9.17) is 18.9 Å². The molecule has 1 rings (SSSR count). The molecule has 0 radical (unpaired) electrons. The van der Waals surface area contributed by atoms with Gasteiger partial charge in [-0.2, -0.15) is 0 Å². The van der Waals surface area contributed by atoms with Crippen molar-refractivity contribution in [3.63, 3.8) is 0 Å². The van der Waals surface area contributed by atoms with Crippen molar-refractivity contribution in [3.8, 4) is 0 Å². The summed E-state index contributed by atoms with van der Waals surface area (Å²) < 4.78 is 23.9. The molecule has 6 nitrogen and oxygen atoms in total. The molecule has 1 fully saturated rings. The number of allylic oxidation sites excluding steroid dienone is 8. The molecule has 0 aliphatic carbocycles. The van der Waals surface area contributed by atoms with Crippen LogP contribution in [0.1, 0.15) is 252 Å². The highest BCUT2D eigenvalue weighted by Crippen LogP contribution is 2.15. The number of unbranched alkanes of at least 4 members (excludes halogenated alkanes) is 26. The molecular weight excluding hydrogens is 825 g/mol. The van der Waals surface area contributed by atoms with Gasteiger partial charge in [-0.25, -0.2) is 0 Å². The first-order valence-corrected chi connectivity index (χ1v) is 29.4. The molecule has 1 unspecified atom stereocenters. The largest absolute Gasteiger partial charge is 0.380 e. The fourth-order valence-electron chi connectivity index (χ4n) is 8.19. The van der Waals surface area contributed by atoms with E-state index < -0.39 is 0 Å². The molecule has 0 N–H and O–H groups in total. The zero-order valence-corrected chi connectivity index (χ0v) is 46.1. The van der Waals surface area contributed by atoms with Gasteiger partial charge in [0.05, 0.1) is 38.5 Å². The number of hydrogen-bond donors (Lipinski definition) is 0. The van der Waals surface area contributed by atoms with Crippen molar-refractivity contribution in [1.29, 1.82) is 0 Å². The molecule has 0 spiro atoms. The van der Waals surface area contributed by atoms with Gasteiger partial charge < -0.3 is 23.8 Å². The maximum atomic E-state index is 6.06. The van der Waals surface area contributed by atoms with Crippen LogP contribution in [0.5, 0.6) is 0 Å². The fourth-order valence-corrected chi connectivity index (χ4v) is 8.19.